The number of β-amino-alcohol motifs (C(OH)–C–C–N with tert-alkyl or cyclic N) is 1. The minimum Gasteiger partial charge on any atom is -0.392 e. The Bertz CT molecular complexity index is 319. The van der Waals surface area contributed by atoms with E-state index in [2.05, 4.69) is 25.7 Å². The van der Waals surface area contributed by atoms with Crippen LogP contribution in [0.2, 0.25) is 0 Å². The molecule has 2 nitrogen and oxygen atoms in total. The van der Waals surface area contributed by atoms with Crippen molar-refractivity contribution in [3.8, 4) is 0 Å². The van der Waals surface area contributed by atoms with Crippen LogP contribution in [0.15, 0.2) is 11.1 Å². The summed E-state index contributed by atoms with van der Waals surface area (Å²) in [4.78, 5) is 2.44. The average Bonchev–Trinajstić information content (AvgIpc) is 2.27. The molecular formula is C16H29NO. The molecule has 0 spiro atoms. The van der Waals surface area contributed by atoms with Gasteiger partial charge < -0.3 is 10.0 Å². The molecule has 1 aliphatic heterocycles. The Kier molecular flexibility index (Phi) is 4.50. The summed E-state index contributed by atoms with van der Waals surface area (Å²) >= 11 is 0. The zero-order valence-corrected chi connectivity index (χ0v) is 12.3. The first-order valence-corrected chi connectivity index (χ1v) is 7.58. The third kappa shape index (κ3) is 3.36. The van der Waals surface area contributed by atoms with Gasteiger partial charge in [0.05, 0.1) is 6.10 Å². The number of aliphatic hydroxyl groups is 1. The number of aliphatic hydroxyl groups excluding tert-OH is 1. The lowest BCUT2D eigenvalue weighted by atomic mass is 9.71. The molecule has 0 radical (unpaired) electrons. The summed E-state index contributed by atoms with van der Waals surface area (Å²) in [5, 5.41) is 9.72. The fraction of sp³-hybridized carbons (Fsp3) is 0.875. The number of likely N-dealkylation sites (tertiary alicyclic amines) is 1. The van der Waals surface area contributed by atoms with Gasteiger partial charge in [-0.3, -0.25) is 0 Å². The van der Waals surface area contributed by atoms with Crippen molar-refractivity contribution in [3.63, 3.8) is 0 Å². The quantitative estimate of drug-likeness (QED) is 0.778. The number of piperidine rings is 1. The summed E-state index contributed by atoms with van der Waals surface area (Å²) in [6.07, 6.45) is 7.24. The molecule has 2 aliphatic rings. The van der Waals surface area contributed by atoms with Gasteiger partial charge in [0, 0.05) is 13.1 Å². The molecule has 2 rings (SSSR count). The topological polar surface area (TPSA) is 23.5 Å². The van der Waals surface area contributed by atoms with Crippen molar-refractivity contribution in [1.82, 2.24) is 4.90 Å². The number of allylic oxidation sites excluding steroid dienone is 1. The van der Waals surface area contributed by atoms with Crippen LogP contribution in [0.3, 0.4) is 0 Å². The highest BCUT2D eigenvalue weighted by Crippen LogP contribution is 2.41. The van der Waals surface area contributed by atoms with Crippen LogP contribution < -0.4 is 0 Å². The molecule has 1 unspecified atom stereocenters. The Balaban J connectivity index is 1.92. The van der Waals surface area contributed by atoms with Gasteiger partial charge in [0.2, 0.25) is 0 Å². The molecule has 104 valence electrons. The van der Waals surface area contributed by atoms with E-state index < -0.39 is 0 Å². The zero-order chi connectivity index (χ0) is 13.2. The van der Waals surface area contributed by atoms with Gasteiger partial charge in [0.15, 0.2) is 0 Å². The first kappa shape index (κ1) is 14.1. The van der Waals surface area contributed by atoms with Gasteiger partial charge in [-0.05, 0) is 57.4 Å². The average molecular weight is 251 g/mol. The van der Waals surface area contributed by atoms with E-state index in [1.54, 1.807) is 11.1 Å². The Morgan fingerprint density at radius 3 is 2.78 bits per heavy atom. The minimum atomic E-state index is -0.0896. The predicted molar refractivity (Wildman–Crippen MR) is 76.6 cm³/mol. The molecule has 1 heterocycles. The molecule has 1 aliphatic carbocycles. The van der Waals surface area contributed by atoms with Crippen LogP contribution in [0.5, 0.6) is 0 Å². The van der Waals surface area contributed by atoms with E-state index in [4.69, 9.17) is 0 Å². The maximum absolute atomic E-state index is 9.72. The van der Waals surface area contributed by atoms with Crippen molar-refractivity contribution in [2.24, 2.45) is 5.41 Å². The van der Waals surface area contributed by atoms with Crippen LogP contribution in [-0.2, 0) is 0 Å². The summed E-state index contributed by atoms with van der Waals surface area (Å²) < 4.78 is 0. The zero-order valence-electron chi connectivity index (χ0n) is 12.3. The lowest BCUT2D eigenvalue weighted by Crippen LogP contribution is -2.39. The normalized spacial score (nSPS) is 29.7. The summed E-state index contributed by atoms with van der Waals surface area (Å²) in [7, 11) is 0. The Morgan fingerprint density at radius 1 is 1.33 bits per heavy atom. The van der Waals surface area contributed by atoms with Crippen LogP contribution in [0.1, 0.15) is 59.3 Å². The lowest BCUT2D eigenvalue weighted by molar-refractivity contribution is 0.0705. The summed E-state index contributed by atoms with van der Waals surface area (Å²) in [6.45, 7) is 10.3. The van der Waals surface area contributed by atoms with E-state index in [1.807, 2.05) is 0 Å². The SMILES string of the molecule is CC1=C(CCN2CCCC(O)C2)C(C)(C)CCC1. The molecule has 0 aromatic rings. The summed E-state index contributed by atoms with van der Waals surface area (Å²) in [5.41, 5.74) is 3.72. The number of nitrogens with zero attached hydrogens (tertiary/aromatic N) is 1. The van der Waals surface area contributed by atoms with Crippen LogP contribution >= 0.6 is 0 Å². The van der Waals surface area contributed by atoms with Crippen molar-refractivity contribution >= 4 is 0 Å². The maximum atomic E-state index is 9.72. The second-order valence-corrected chi connectivity index (χ2v) is 6.84. The van der Waals surface area contributed by atoms with Gasteiger partial charge in [0.25, 0.3) is 0 Å². The van der Waals surface area contributed by atoms with Crippen molar-refractivity contribution in [2.75, 3.05) is 19.6 Å². The third-order valence-corrected chi connectivity index (χ3v) is 4.84. The van der Waals surface area contributed by atoms with Gasteiger partial charge in [0.1, 0.15) is 0 Å². The molecule has 0 aromatic heterocycles. The molecule has 1 saturated heterocycles. The minimum absolute atomic E-state index is 0.0896. The second kappa shape index (κ2) is 5.75. The van der Waals surface area contributed by atoms with Crippen LogP contribution in [-0.4, -0.2) is 35.7 Å². The molecule has 1 N–H and O–H groups in total. The van der Waals surface area contributed by atoms with Crippen LogP contribution in [0.4, 0.5) is 0 Å². The van der Waals surface area contributed by atoms with Crippen LogP contribution in [0, 0.1) is 5.41 Å². The molecule has 18 heavy (non-hydrogen) atoms. The third-order valence-electron chi connectivity index (χ3n) is 4.84. The van der Waals surface area contributed by atoms with Crippen molar-refractivity contribution in [2.45, 2.75) is 65.4 Å². The molecular weight excluding hydrogens is 222 g/mol. The van der Waals surface area contributed by atoms with Gasteiger partial charge in [-0.15, -0.1) is 0 Å². The Labute approximate surface area is 112 Å². The fourth-order valence-electron chi connectivity index (χ4n) is 3.73. The van der Waals surface area contributed by atoms with Gasteiger partial charge >= 0.3 is 0 Å². The van der Waals surface area contributed by atoms with Gasteiger partial charge in [-0.25, -0.2) is 0 Å². The maximum Gasteiger partial charge on any atom is 0.0667 e. The highest BCUT2D eigenvalue weighted by molar-refractivity contribution is 5.22. The van der Waals surface area contributed by atoms with E-state index in [9.17, 15) is 5.11 Å². The van der Waals surface area contributed by atoms with Crippen molar-refractivity contribution < 1.29 is 5.11 Å². The lowest BCUT2D eigenvalue weighted by Gasteiger charge is -2.37. The smallest absolute Gasteiger partial charge is 0.0667 e. The molecule has 1 fully saturated rings. The van der Waals surface area contributed by atoms with E-state index >= 15 is 0 Å². The van der Waals surface area contributed by atoms with Crippen molar-refractivity contribution in [1.29, 1.82) is 0 Å². The number of hydrogen-bond acceptors (Lipinski definition) is 2. The van der Waals surface area contributed by atoms with Crippen LogP contribution in [0.25, 0.3) is 0 Å². The van der Waals surface area contributed by atoms with Crippen molar-refractivity contribution in [3.05, 3.63) is 11.1 Å². The predicted octanol–water partition coefficient (Wildman–Crippen LogP) is 3.36. The number of hydrogen-bond donors (Lipinski definition) is 1. The van der Waals surface area contributed by atoms with Gasteiger partial charge in [-0.1, -0.05) is 25.0 Å². The highest BCUT2D eigenvalue weighted by atomic mass is 16.3. The number of rotatable bonds is 3. The first-order valence-electron chi connectivity index (χ1n) is 7.58. The molecule has 2 heteroatoms. The summed E-state index contributed by atoms with van der Waals surface area (Å²) in [6, 6.07) is 0. The Morgan fingerprint density at radius 2 is 2.11 bits per heavy atom. The van der Waals surface area contributed by atoms with E-state index in [-0.39, 0.29) is 6.10 Å². The van der Waals surface area contributed by atoms with E-state index in [0.29, 0.717) is 5.41 Å². The Hall–Kier alpha value is -0.340. The first-order chi connectivity index (χ1) is 8.49. The monoisotopic (exact) mass is 251 g/mol. The molecule has 0 amide bonds. The molecule has 1 atom stereocenters. The van der Waals surface area contributed by atoms with E-state index in [1.165, 1.54) is 32.2 Å². The summed E-state index contributed by atoms with van der Waals surface area (Å²) in [5.74, 6) is 0. The molecule has 0 aromatic carbocycles. The second-order valence-electron chi connectivity index (χ2n) is 6.84. The molecule has 0 bridgehead atoms. The highest BCUT2D eigenvalue weighted by Gasteiger charge is 2.28. The van der Waals surface area contributed by atoms with Gasteiger partial charge in [-0.2, -0.15) is 0 Å². The van der Waals surface area contributed by atoms with E-state index in [0.717, 1.165) is 25.9 Å². The largest absolute Gasteiger partial charge is 0.392 e. The fourth-order valence-corrected chi connectivity index (χ4v) is 3.73. The standard InChI is InChI=1S/C16H29NO/c1-13-6-4-9-16(2,3)15(13)8-11-17-10-5-7-14(18)12-17/h14,18H,4-12H2,1-3H3. The molecule has 0 saturated carbocycles.